The Kier molecular flexibility index (Phi) is 9.13. The Balaban J connectivity index is 0.00000156. The molecular weight excluding hydrogens is 362 g/mol. The van der Waals surface area contributed by atoms with E-state index in [0.717, 1.165) is 64.0 Å². The lowest BCUT2D eigenvalue weighted by atomic mass is 9.72. The minimum absolute atomic E-state index is 0. The monoisotopic (exact) mass is 392 g/mol. The second-order valence-corrected chi connectivity index (χ2v) is 7.37. The molecule has 3 nitrogen and oxygen atoms in total. The summed E-state index contributed by atoms with van der Waals surface area (Å²) in [6.07, 6.45) is 5.13. The zero-order chi connectivity index (χ0) is 16.3. The number of aliphatic hydroxyl groups is 1. The van der Waals surface area contributed by atoms with Crippen molar-refractivity contribution in [3.05, 3.63) is 35.6 Å². The van der Waals surface area contributed by atoms with Crippen LogP contribution in [0.5, 0.6) is 0 Å². The highest BCUT2D eigenvalue weighted by molar-refractivity contribution is 5.85. The first-order chi connectivity index (χ1) is 11.1. The van der Waals surface area contributed by atoms with E-state index >= 15 is 0 Å². The Morgan fingerprint density at radius 1 is 1.00 bits per heavy atom. The van der Waals surface area contributed by atoms with Crippen molar-refractivity contribution in [1.29, 1.82) is 0 Å². The zero-order valence-corrected chi connectivity index (χ0v) is 16.6. The molecule has 0 radical (unpaired) electrons. The standard InChI is InChI=1S/C19H29FN2O.2ClH/c1-21-11-13-22(14-12-21)15-18(16-5-7-17(20)8-6-16)19(23)9-3-2-4-10-19;;/h5-8,18,23H,2-4,9-15H2,1H3;2*1H. The predicted octanol–water partition coefficient (Wildman–Crippen LogP) is 3.70. The minimum atomic E-state index is -0.639. The normalized spacial score (nSPS) is 22.5. The summed E-state index contributed by atoms with van der Waals surface area (Å²) in [5.74, 6) is -0.130. The van der Waals surface area contributed by atoms with Crippen LogP contribution < -0.4 is 0 Å². The minimum Gasteiger partial charge on any atom is -0.389 e. The number of hydrogen-bond donors (Lipinski definition) is 1. The third-order valence-electron chi connectivity index (χ3n) is 5.68. The average Bonchev–Trinajstić information content (AvgIpc) is 2.56. The summed E-state index contributed by atoms with van der Waals surface area (Å²) in [7, 11) is 2.16. The lowest BCUT2D eigenvalue weighted by molar-refractivity contribution is -0.0337. The van der Waals surface area contributed by atoms with E-state index in [0.29, 0.717) is 0 Å². The molecular formula is C19H31Cl2FN2O. The molecule has 144 valence electrons. The van der Waals surface area contributed by atoms with Gasteiger partial charge in [-0.15, -0.1) is 24.8 Å². The fourth-order valence-electron chi connectivity index (χ4n) is 4.08. The molecule has 0 amide bonds. The van der Waals surface area contributed by atoms with Crippen molar-refractivity contribution in [2.45, 2.75) is 43.6 Å². The molecule has 1 heterocycles. The van der Waals surface area contributed by atoms with Crippen LogP contribution in [-0.2, 0) is 0 Å². The van der Waals surface area contributed by atoms with Gasteiger partial charge >= 0.3 is 0 Å². The van der Waals surface area contributed by atoms with Gasteiger partial charge in [0.15, 0.2) is 0 Å². The van der Waals surface area contributed by atoms with Crippen LogP contribution in [0.15, 0.2) is 24.3 Å². The molecule has 1 atom stereocenters. The smallest absolute Gasteiger partial charge is 0.123 e. The van der Waals surface area contributed by atoms with Crippen LogP contribution in [0.3, 0.4) is 0 Å². The van der Waals surface area contributed by atoms with Crippen molar-refractivity contribution < 1.29 is 9.50 Å². The van der Waals surface area contributed by atoms with Gasteiger partial charge in [0.2, 0.25) is 0 Å². The second kappa shape index (κ2) is 10.1. The van der Waals surface area contributed by atoms with Gasteiger partial charge in [-0.25, -0.2) is 4.39 Å². The first-order valence-electron chi connectivity index (χ1n) is 8.96. The number of halogens is 3. The van der Waals surface area contributed by atoms with Crippen molar-refractivity contribution in [3.8, 4) is 0 Å². The summed E-state index contributed by atoms with van der Waals surface area (Å²) in [5, 5.41) is 11.3. The van der Waals surface area contributed by atoms with Gasteiger partial charge in [0.25, 0.3) is 0 Å². The van der Waals surface area contributed by atoms with Crippen LogP contribution in [0.2, 0.25) is 0 Å². The molecule has 0 spiro atoms. The van der Waals surface area contributed by atoms with Crippen LogP contribution in [-0.4, -0.2) is 60.3 Å². The Bertz CT molecular complexity index is 501. The number of likely N-dealkylation sites (N-methyl/N-ethyl adjacent to an activating group) is 1. The Morgan fingerprint density at radius 3 is 2.12 bits per heavy atom. The topological polar surface area (TPSA) is 26.7 Å². The quantitative estimate of drug-likeness (QED) is 0.845. The van der Waals surface area contributed by atoms with E-state index in [1.54, 1.807) is 0 Å². The number of piperazine rings is 1. The van der Waals surface area contributed by atoms with E-state index in [4.69, 9.17) is 0 Å². The molecule has 3 rings (SSSR count). The van der Waals surface area contributed by atoms with E-state index in [2.05, 4.69) is 16.8 Å². The van der Waals surface area contributed by atoms with Gasteiger partial charge < -0.3 is 14.9 Å². The Labute approximate surface area is 163 Å². The van der Waals surface area contributed by atoms with Crippen molar-refractivity contribution >= 4 is 24.8 Å². The maximum atomic E-state index is 13.3. The maximum Gasteiger partial charge on any atom is 0.123 e. The maximum absolute atomic E-state index is 13.3. The van der Waals surface area contributed by atoms with Gasteiger partial charge in [-0.2, -0.15) is 0 Å². The molecule has 1 saturated carbocycles. The lowest BCUT2D eigenvalue weighted by Crippen LogP contribution is -2.50. The highest BCUT2D eigenvalue weighted by atomic mass is 35.5. The van der Waals surface area contributed by atoms with E-state index in [9.17, 15) is 9.50 Å². The van der Waals surface area contributed by atoms with E-state index in [1.807, 2.05) is 12.1 Å². The Morgan fingerprint density at radius 2 is 1.56 bits per heavy atom. The van der Waals surface area contributed by atoms with Gasteiger partial charge in [-0.05, 0) is 37.6 Å². The molecule has 25 heavy (non-hydrogen) atoms. The molecule has 0 aromatic heterocycles. The van der Waals surface area contributed by atoms with Gasteiger partial charge in [-0.3, -0.25) is 0 Å². The van der Waals surface area contributed by atoms with Crippen LogP contribution in [0, 0.1) is 5.82 Å². The van der Waals surface area contributed by atoms with Crippen LogP contribution in [0.1, 0.15) is 43.6 Å². The summed E-state index contributed by atoms with van der Waals surface area (Å²) < 4.78 is 13.3. The van der Waals surface area contributed by atoms with E-state index in [1.165, 1.54) is 18.6 Å². The SMILES string of the molecule is CN1CCN(CC(c2ccc(F)cc2)C2(O)CCCCC2)CC1.Cl.Cl. The number of benzene rings is 1. The van der Waals surface area contributed by atoms with Gasteiger partial charge in [-0.1, -0.05) is 31.4 Å². The Hall–Kier alpha value is -0.390. The van der Waals surface area contributed by atoms with E-state index in [-0.39, 0.29) is 36.5 Å². The fourth-order valence-corrected chi connectivity index (χ4v) is 4.08. The number of hydrogen-bond acceptors (Lipinski definition) is 3. The highest BCUT2D eigenvalue weighted by Crippen LogP contribution is 2.40. The third-order valence-corrected chi connectivity index (χ3v) is 5.68. The van der Waals surface area contributed by atoms with Crippen LogP contribution >= 0.6 is 24.8 Å². The molecule has 1 aliphatic heterocycles. The van der Waals surface area contributed by atoms with Gasteiger partial charge in [0, 0.05) is 38.6 Å². The van der Waals surface area contributed by atoms with Crippen LogP contribution in [0.4, 0.5) is 4.39 Å². The molecule has 1 aromatic carbocycles. The van der Waals surface area contributed by atoms with Gasteiger partial charge in [0.1, 0.15) is 5.82 Å². The summed E-state index contributed by atoms with van der Waals surface area (Å²) in [6.45, 7) is 5.12. The van der Waals surface area contributed by atoms with Crippen molar-refractivity contribution in [3.63, 3.8) is 0 Å². The van der Waals surface area contributed by atoms with E-state index < -0.39 is 5.60 Å². The number of rotatable bonds is 4. The van der Waals surface area contributed by atoms with Crippen LogP contribution in [0.25, 0.3) is 0 Å². The summed E-state index contributed by atoms with van der Waals surface area (Å²) in [5.41, 5.74) is 0.439. The zero-order valence-electron chi connectivity index (χ0n) is 15.0. The fraction of sp³-hybridized carbons (Fsp3) is 0.684. The molecule has 1 N–H and O–H groups in total. The summed E-state index contributed by atoms with van der Waals surface area (Å²) >= 11 is 0. The largest absolute Gasteiger partial charge is 0.389 e. The average molecular weight is 393 g/mol. The first-order valence-corrected chi connectivity index (χ1v) is 8.96. The summed E-state index contributed by atoms with van der Waals surface area (Å²) in [6, 6.07) is 6.78. The molecule has 1 unspecified atom stereocenters. The summed E-state index contributed by atoms with van der Waals surface area (Å²) in [4.78, 5) is 4.80. The molecule has 1 saturated heterocycles. The molecule has 2 fully saturated rings. The van der Waals surface area contributed by atoms with Crippen molar-refractivity contribution in [2.75, 3.05) is 39.8 Å². The molecule has 2 aliphatic rings. The van der Waals surface area contributed by atoms with Crippen molar-refractivity contribution in [2.24, 2.45) is 0 Å². The molecule has 1 aliphatic carbocycles. The lowest BCUT2D eigenvalue weighted by Gasteiger charge is -2.43. The molecule has 0 bridgehead atoms. The predicted molar refractivity (Wildman–Crippen MR) is 106 cm³/mol. The first kappa shape index (κ1) is 22.7. The third kappa shape index (κ3) is 5.80. The number of nitrogens with zero attached hydrogens (tertiary/aromatic N) is 2. The molecule has 6 heteroatoms. The highest BCUT2D eigenvalue weighted by Gasteiger charge is 2.39. The van der Waals surface area contributed by atoms with Crippen molar-refractivity contribution in [1.82, 2.24) is 9.80 Å². The molecule has 1 aromatic rings. The second-order valence-electron chi connectivity index (χ2n) is 7.37. The van der Waals surface area contributed by atoms with Gasteiger partial charge in [0.05, 0.1) is 5.60 Å².